The van der Waals surface area contributed by atoms with Crippen LogP contribution >= 0.6 is 11.6 Å². The molecule has 2 nitrogen and oxygen atoms in total. The van der Waals surface area contributed by atoms with Crippen molar-refractivity contribution in [3.8, 4) is 0 Å². The lowest BCUT2D eigenvalue weighted by molar-refractivity contribution is -0.00713. The normalized spacial score (nSPS) is 25.2. The summed E-state index contributed by atoms with van der Waals surface area (Å²) in [5.74, 6) is 0.159. The van der Waals surface area contributed by atoms with Crippen LogP contribution in [0, 0.1) is 11.7 Å². The van der Waals surface area contributed by atoms with Gasteiger partial charge in [0.05, 0.1) is 17.7 Å². The maximum absolute atomic E-state index is 13.0. The van der Waals surface area contributed by atoms with Gasteiger partial charge < -0.3 is 10.1 Å². The molecule has 0 aliphatic carbocycles. The highest BCUT2D eigenvalue weighted by atomic mass is 35.5. The number of morpholine rings is 1. The van der Waals surface area contributed by atoms with Gasteiger partial charge in [0, 0.05) is 12.6 Å². The molecule has 1 heterocycles. The Balaban J connectivity index is 2.03. The van der Waals surface area contributed by atoms with Crippen LogP contribution in [0.25, 0.3) is 0 Å². The van der Waals surface area contributed by atoms with E-state index >= 15 is 0 Å². The van der Waals surface area contributed by atoms with E-state index in [4.69, 9.17) is 16.3 Å². The fourth-order valence-electron chi connectivity index (χ4n) is 1.95. The summed E-state index contributed by atoms with van der Waals surface area (Å²) in [4.78, 5) is 0. The van der Waals surface area contributed by atoms with Crippen molar-refractivity contribution >= 4 is 11.6 Å². The molecule has 1 saturated heterocycles. The highest BCUT2D eigenvalue weighted by molar-refractivity contribution is 6.30. The molecular weight excluding hydrogens is 241 g/mol. The lowest BCUT2D eigenvalue weighted by Crippen LogP contribution is -2.45. The number of ether oxygens (including phenoxy) is 1. The molecule has 1 N–H and O–H groups in total. The zero-order chi connectivity index (χ0) is 12.4. The number of nitrogens with one attached hydrogen (secondary N) is 1. The minimum atomic E-state index is -0.390. The van der Waals surface area contributed by atoms with E-state index in [9.17, 15) is 4.39 Å². The first-order valence-electron chi connectivity index (χ1n) is 5.88. The molecule has 0 saturated carbocycles. The fraction of sp³-hybridized carbons (Fsp3) is 0.538. The molecule has 0 aromatic heterocycles. The Hall–Kier alpha value is -0.640. The molecule has 0 bridgehead atoms. The van der Waals surface area contributed by atoms with E-state index in [-0.39, 0.29) is 16.9 Å². The van der Waals surface area contributed by atoms with Crippen molar-refractivity contribution in [2.75, 3.05) is 13.2 Å². The molecule has 4 heteroatoms. The second kappa shape index (κ2) is 5.34. The van der Waals surface area contributed by atoms with Gasteiger partial charge in [-0.15, -0.1) is 0 Å². The lowest BCUT2D eigenvalue weighted by atomic mass is 10.0. The van der Waals surface area contributed by atoms with Crippen LogP contribution in [0.4, 0.5) is 4.39 Å². The second-order valence-corrected chi connectivity index (χ2v) is 5.16. The Bertz CT molecular complexity index is 389. The molecule has 1 aliphatic rings. The minimum absolute atomic E-state index is 0.0388. The molecule has 1 aliphatic heterocycles. The molecule has 2 unspecified atom stereocenters. The first-order valence-corrected chi connectivity index (χ1v) is 6.25. The predicted octanol–water partition coefficient (Wildman–Crippen LogP) is 3.16. The summed E-state index contributed by atoms with van der Waals surface area (Å²) in [5.41, 5.74) is 0.922. The average molecular weight is 258 g/mol. The van der Waals surface area contributed by atoms with Gasteiger partial charge in [0.15, 0.2) is 0 Å². The molecule has 2 rings (SSSR count). The zero-order valence-corrected chi connectivity index (χ0v) is 10.8. The molecule has 94 valence electrons. The first-order chi connectivity index (χ1) is 8.08. The number of halogens is 2. The topological polar surface area (TPSA) is 21.3 Å². The van der Waals surface area contributed by atoms with E-state index in [1.54, 1.807) is 12.1 Å². The van der Waals surface area contributed by atoms with Gasteiger partial charge in [-0.25, -0.2) is 4.39 Å². The Labute approximate surface area is 106 Å². The summed E-state index contributed by atoms with van der Waals surface area (Å²) in [5, 5.41) is 3.59. The Kier molecular flexibility index (Phi) is 4.02. The van der Waals surface area contributed by atoms with E-state index in [1.165, 1.54) is 6.07 Å². The van der Waals surface area contributed by atoms with Crippen LogP contribution in [-0.2, 0) is 4.74 Å². The number of benzene rings is 1. The first kappa shape index (κ1) is 12.8. The predicted molar refractivity (Wildman–Crippen MR) is 66.7 cm³/mol. The van der Waals surface area contributed by atoms with E-state index < -0.39 is 0 Å². The molecule has 0 spiro atoms. The van der Waals surface area contributed by atoms with Crippen molar-refractivity contribution in [3.63, 3.8) is 0 Å². The van der Waals surface area contributed by atoms with Crippen LogP contribution < -0.4 is 5.32 Å². The largest absolute Gasteiger partial charge is 0.371 e. The van der Waals surface area contributed by atoms with Gasteiger partial charge in [0.25, 0.3) is 0 Å². The Morgan fingerprint density at radius 3 is 2.76 bits per heavy atom. The van der Waals surface area contributed by atoms with Crippen molar-refractivity contribution in [1.29, 1.82) is 0 Å². The highest BCUT2D eigenvalue weighted by Gasteiger charge is 2.24. The van der Waals surface area contributed by atoms with Crippen molar-refractivity contribution in [1.82, 2.24) is 5.32 Å². The quantitative estimate of drug-likeness (QED) is 0.879. The van der Waals surface area contributed by atoms with Crippen LogP contribution in [0.5, 0.6) is 0 Å². The Morgan fingerprint density at radius 1 is 1.47 bits per heavy atom. The van der Waals surface area contributed by atoms with Gasteiger partial charge >= 0.3 is 0 Å². The van der Waals surface area contributed by atoms with Gasteiger partial charge in [-0.05, 0) is 23.6 Å². The highest BCUT2D eigenvalue weighted by Crippen LogP contribution is 2.25. The molecular formula is C13H17ClFNO. The fourth-order valence-corrected chi connectivity index (χ4v) is 2.14. The van der Waals surface area contributed by atoms with E-state index in [1.807, 2.05) is 0 Å². The molecule has 1 fully saturated rings. The molecule has 2 atom stereocenters. The van der Waals surface area contributed by atoms with Gasteiger partial charge in [-0.1, -0.05) is 31.5 Å². The van der Waals surface area contributed by atoms with Crippen LogP contribution in [0.15, 0.2) is 18.2 Å². The zero-order valence-electron chi connectivity index (χ0n) is 10.0. The maximum Gasteiger partial charge on any atom is 0.141 e. The Morgan fingerprint density at radius 2 is 2.24 bits per heavy atom. The van der Waals surface area contributed by atoms with Crippen molar-refractivity contribution in [3.05, 3.63) is 34.6 Å². The average Bonchev–Trinajstić information content (AvgIpc) is 2.33. The van der Waals surface area contributed by atoms with Crippen LogP contribution in [0.2, 0.25) is 5.02 Å². The van der Waals surface area contributed by atoms with Gasteiger partial charge in [-0.2, -0.15) is 0 Å². The molecule has 1 aromatic carbocycles. The summed E-state index contributed by atoms with van der Waals surface area (Å²) in [7, 11) is 0. The SMILES string of the molecule is CC(C)C1COC(c2ccc(F)c(Cl)c2)CN1. The lowest BCUT2D eigenvalue weighted by Gasteiger charge is -2.32. The van der Waals surface area contributed by atoms with Crippen molar-refractivity contribution in [2.24, 2.45) is 5.92 Å². The van der Waals surface area contributed by atoms with Crippen LogP contribution in [-0.4, -0.2) is 19.2 Å². The summed E-state index contributed by atoms with van der Waals surface area (Å²) >= 11 is 5.76. The monoisotopic (exact) mass is 257 g/mol. The van der Waals surface area contributed by atoms with Crippen molar-refractivity contribution in [2.45, 2.75) is 26.0 Å². The second-order valence-electron chi connectivity index (χ2n) is 4.75. The number of rotatable bonds is 2. The summed E-state index contributed by atoms with van der Waals surface area (Å²) < 4.78 is 18.8. The standard InChI is InChI=1S/C13H17ClFNO/c1-8(2)12-7-17-13(6-16-12)9-3-4-11(15)10(14)5-9/h3-5,8,12-13,16H,6-7H2,1-2H3. The summed E-state index contributed by atoms with van der Waals surface area (Å²) in [6, 6.07) is 5.14. The number of hydrogen-bond donors (Lipinski definition) is 1. The van der Waals surface area contributed by atoms with E-state index in [0.29, 0.717) is 18.6 Å². The molecule has 1 aromatic rings. The van der Waals surface area contributed by atoms with E-state index in [0.717, 1.165) is 12.1 Å². The van der Waals surface area contributed by atoms with Gasteiger partial charge in [0.2, 0.25) is 0 Å². The van der Waals surface area contributed by atoms with Crippen molar-refractivity contribution < 1.29 is 9.13 Å². The van der Waals surface area contributed by atoms with Crippen LogP contribution in [0.1, 0.15) is 25.5 Å². The van der Waals surface area contributed by atoms with Gasteiger partial charge in [-0.3, -0.25) is 0 Å². The summed E-state index contributed by atoms with van der Waals surface area (Å²) in [6.07, 6.45) is -0.0388. The smallest absolute Gasteiger partial charge is 0.141 e. The summed E-state index contributed by atoms with van der Waals surface area (Å²) in [6.45, 7) is 5.74. The molecule has 17 heavy (non-hydrogen) atoms. The van der Waals surface area contributed by atoms with Gasteiger partial charge in [0.1, 0.15) is 5.82 Å². The minimum Gasteiger partial charge on any atom is -0.371 e. The maximum atomic E-state index is 13.0. The van der Waals surface area contributed by atoms with Crippen LogP contribution in [0.3, 0.4) is 0 Å². The molecule has 0 radical (unpaired) electrons. The molecule has 0 amide bonds. The third-order valence-corrected chi connectivity index (χ3v) is 3.45. The third kappa shape index (κ3) is 2.97. The third-order valence-electron chi connectivity index (χ3n) is 3.16. The number of hydrogen-bond acceptors (Lipinski definition) is 2. The van der Waals surface area contributed by atoms with E-state index in [2.05, 4.69) is 19.2 Å².